The van der Waals surface area contributed by atoms with Gasteiger partial charge in [-0.1, -0.05) is 39.8 Å². The molecule has 8 heteroatoms. The molecule has 7 nitrogen and oxygen atoms in total. The molecule has 1 atom stereocenters. The fraction of sp³-hybridized carbons (Fsp3) is 0.476. The minimum atomic E-state index is -3.96. The standard InChI is InChI=1S/C21H30N2O5S/c1-14(2)10-11-23(25)21(24)20(15(3)4)22-29(26,27)19-9-7-16-12-18(28-5)8-6-17(16)13-19/h6-9,12-15,20,22,25H,10-11H2,1-5H3/t20-/m1/s1. The van der Waals surface area contributed by atoms with Crippen LogP contribution in [0.2, 0.25) is 0 Å². The lowest BCUT2D eigenvalue weighted by atomic mass is 10.0. The van der Waals surface area contributed by atoms with E-state index in [0.717, 1.165) is 10.8 Å². The Labute approximate surface area is 172 Å². The van der Waals surface area contributed by atoms with Crippen LogP contribution in [-0.4, -0.2) is 44.3 Å². The number of methoxy groups -OCH3 is 1. The summed E-state index contributed by atoms with van der Waals surface area (Å²) >= 11 is 0. The third-order valence-corrected chi connectivity index (χ3v) is 6.16. The number of sulfonamides is 1. The molecule has 160 valence electrons. The second-order valence-corrected chi connectivity index (χ2v) is 9.58. The van der Waals surface area contributed by atoms with E-state index in [4.69, 9.17) is 4.74 Å². The number of hydrogen-bond acceptors (Lipinski definition) is 5. The zero-order valence-corrected chi connectivity index (χ0v) is 18.4. The molecule has 0 aromatic heterocycles. The normalized spacial score (nSPS) is 13.1. The molecule has 0 saturated heterocycles. The Morgan fingerprint density at radius 3 is 2.31 bits per heavy atom. The molecule has 0 saturated carbocycles. The topological polar surface area (TPSA) is 95.9 Å². The first-order valence-corrected chi connectivity index (χ1v) is 11.1. The monoisotopic (exact) mass is 422 g/mol. The van der Waals surface area contributed by atoms with E-state index < -0.39 is 22.0 Å². The van der Waals surface area contributed by atoms with Crippen molar-refractivity contribution in [1.29, 1.82) is 0 Å². The van der Waals surface area contributed by atoms with Gasteiger partial charge in [0.05, 0.1) is 12.0 Å². The van der Waals surface area contributed by atoms with E-state index in [1.54, 1.807) is 45.2 Å². The Morgan fingerprint density at radius 1 is 1.10 bits per heavy atom. The van der Waals surface area contributed by atoms with Crippen LogP contribution in [0.1, 0.15) is 34.1 Å². The maximum atomic E-state index is 12.9. The summed E-state index contributed by atoms with van der Waals surface area (Å²) in [5.41, 5.74) is 0. The summed E-state index contributed by atoms with van der Waals surface area (Å²) < 4.78 is 33.5. The van der Waals surface area contributed by atoms with Crippen LogP contribution in [0.4, 0.5) is 0 Å². The van der Waals surface area contributed by atoms with Gasteiger partial charge >= 0.3 is 0 Å². The molecule has 0 spiro atoms. The van der Waals surface area contributed by atoms with Gasteiger partial charge in [0, 0.05) is 6.54 Å². The molecule has 0 aliphatic heterocycles. The molecule has 2 aromatic rings. The average molecular weight is 423 g/mol. The Morgan fingerprint density at radius 2 is 1.72 bits per heavy atom. The third kappa shape index (κ3) is 5.91. The molecule has 2 aromatic carbocycles. The van der Waals surface area contributed by atoms with Crippen molar-refractivity contribution >= 4 is 26.7 Å². The van der Waals surface area contributed by atoms with Crippen LogP contribution in [-0.2, 0) is 14.8 Å². The number of rotatable bonds is 9. The fourth-order valence-corrected chi connectivity index (χ4v) is 4.23. The van der Waals surface area contributed by atoms with Crippen LogP contribution in [0, 0.1) is 11.8 Å². The van der Waals surface area contributed by atoms with Crippen LogP contribution in [0.15, 0.2) is 41.3 Å². The lowest BCUT2D eigenvalue weighted by Crippen LogP contribution is -2.50. The van der Waals surface area contributed by atoms with Gasteiger partial charge in [-0.15, -0.1) is 0 Å². The highest BCUT2D eigenvalue weighted by Crippen LogP contribution is 2.24. The van der Waals surface area contributed by atoms with Crippen molar-refractivity contribution in [3.05, 3.63) is 36.4 Å². The summed E-state index contributed by atoms with van der Waals surface area (Å²) in [6.07, 6.45) is 0.619. The highest BCUT2D eigenvalue weighted by Gasteiger charge is 2.31. The molecule has 0 bridgehead atoms. The third-order valence-electron chi connectivity index (χ3n) is 4.72. The second-order valence-electron chi connectivity index (χ2n) is 7.86. The maximum absolute atomic E-state index is 12.9. The molecule has 0 heterocycles. The number of carbonyl (C=O) groups excluding carboxylic acids is 1. The Kier molecular flexibility index (Phi) is 7.62. The first kappa shape index (κ1) is 23.1. The number of benzene rings is 2. The summed E-state index contributed by atoms with van der Waals surface area (Å²) in [6, 6.07) is 9.02. The van der Waals surface area contributed by atoms with Gasteiger partial charge in [-0.3, -0.25) is 10.0 Å². The van der Waals surface area contributed by atoms with Gasteiger partial charge < -0.3 is 4.74 Å². The van der Waals surface area contributed by atoms with E-state index >= 15 is 0 Å². The highest BCUT2D eigenvalue weighted by molar-refractivity contribution is 7.89. The van der Waals surface area contributed by atoms with Crippen molar-refractivity contribution in [2.24, 2.45) is 11.8 Å². The van der Waals surface area contributed by atoms with Crippen molar-refractivity contribution in [1.82, 2.24) is 9.79 Å². The van der Waals surface area contributed by atoms with Gasteiger partial charge in [0.25, 0.3) is 5.91 Å². The van der Waals surface area contributed by atoms with E-state index in [2.05, 4.69) is 4.72 Å². The number of hydrogen-bond donors (Lipinski definition) is 2. The van der Waals surface area contributed by atoms with Crippen molar-refractivity contribution in [2.75, 3.05) is 13.7 Å². The zero-order chi connectivity index (χ0) is 21.8. The van der Waals surface area contributed by atoms with Gasteiger partial charge in [0.15, 0.2) is 0 Å². The largest absolute Gasteiger partial charge is 0.497 e. The number of ether oxygens (including phenoxy) is 1. The summed E-state index contributed by atoms with van der Waals surface area (Å²) in [5, 5.41) is 12.3. The van der Waals surface area contributed by atoms with Crippen LogP contribution in [0.5, 0.6) is 5.75 Å². The van der Waals surface area contributed by atoms with Gasteiger partial charge in [-0.25, -0.2) is 13.5 Å². The number of hydroxylamine groups is 2. The second kappa shape index (κ2) is 9.56. The van der Waals surface area contributed by atoms with E-state index in [1.807, 2.05) is 19.9 Å². The molecule has 1 amide bonds. The number of carbonyl (C=O) groups is 1. The summed E-state index contributed by atoms with van der Waals surface area (Å²) in [7, 11) is -2.39. The van der Waals surface area contributed by atoms with Crippen LogP contribution in [0.25, 0.3) is 10.8 Å². The number of amides is 1. The molecular weight excluding hydrogens is 392 g/mol. The number of nitrogens with one attached hydrogen (secondary N) is 1. The molecule has 0 aliphatic rings. The van der Waals surface area contributed by atoms with Crippen LogP contribution in [0.3, 0.4) is 0 Å². The minimum absolute atomic E-state index is 0.0558. The van der Waals surface area contributed by atoms with E-state index in [9.17, 15) is 18.4 Å². The maximum Gasteiger partial charge on any atom is 0.264 e. The molecule has 0 fully saturated rings. The molecule has 0 radical (unpaired) electrons. The van der Waals surface area contributed by atoms with Crippen LogP contribution >= 0.6 is 0 Å². The van der Waals surface area contributed by atoms with Gasteiger partial charge in [0.2, 0.25) is 10.0 Å². The van der Waals surface area contributed by atoms with Crippen molar-refractivity contribution in [3.8, 4) is 5.75 Å². The number of fused-ring (bicyclic) bond motifs is 1. The fourth-order valence-electron chi connectivity index (χ4n) is 2.85. The minimum Gasteiger partial charge on any atom is -0.497 e. The predicted molar refractivity (Wildman–Crippen MR) is 112 cm³/mol. The summed E-state index contributed by atoms with van der Waals surface area (Å²) in [4.78, 5) is 12.7. The summed E-state index contributed by atoms with van der Waals surface area (Å²) in [6.45, 7) is 7.58. The highest BCUT2D eigenvalue weighted by atomic mass is 32.2. The molecule has 0 aliphatic carbocycles. The molecule has 2 N–H and O–H groups in total. The van der Waals surface area contributed by atoms with E-state index in [0.29, 0.717) is 23.2 Å². The SMILES string of the molecule is COc1ccc2cc(S(=O)(=O)N[C@@H](C(=O)N(O)CCC(C)C)C(C)C)ccc2c1. The molecule has 2 rings (SSSR count). The van der Waals surface area contributed by atoms with Gasteiger partial charge in [-0.05, 0) is 53.3 Å². The smallest absolute Gasteiger partial charge is 0.264 e. The quantitative estimate of drug-likeness (QED) is 0.477. The Hall–Kier alpha value is -2.16. The first-order valence-electron chi connectivity index (χ1n) is 9.65. The van der Waals surface area contributed by atoms with E-state index in [1.165, 1.54) is 6.07 Å². The predicted octanol–water partition coefficient (Wildman–Crippen LogP) is 3.42. The van der Waals surface area contributed by atoms with Gasteiger partial charge in [0.1, 0.15) is 11.8 Å². The molecule has 29 heavy (non-hydrogen) atoms. The summed E-state index contributed by atoms with van der Waals surface area (Å²) in [5.74, 6) is -0.00514. The van der Waals surface area contributed by atoms with Gasteiger partial charge in [-0.2, -0.15) is 4.72 Å². The molecular formula is C21H30N2O5S. The molecule has 0 unspecified atom stereocenters. The van der Waals surface area contributed by atoms with E-state index in [-0.39, 0.29) is 17.4 Å². The zero-order valence-electron chi connectivity index (χ0n) is 17.5. The van der Waals surface area contributed by atoms with Crippen molar-refractivity contribution < 1.29 is 23.2 Å². The Bertz CT molecular complexity index is 957. The first-order chi connectivity index (χ1) is 13.5. The van der Waals surface area contributed by atoms with Crippen molar-refractivity contribution in [3.63, 3.8) is 0 Å². The average Bonchev–Trinajstić information content (AvgIpc) is 2.68. The van der Waals surface area contributed by atoms with Crippen molar-refractivity contribution in [2.45, 2.75) is 45.1 Å². The Balaban J connectivity index is 2.26. The lowest BCUT2D eigenvalue weighted by Gasteiger charge is -2.26. The van der Waals surface area contributed by atoms with Crippen LogP contribution < -0.4 is 9.46 Å². The lowest BCUT2D eigenvalue weighted by molar-refractivity contribution is -0.169. The number of nitrogens with zero attached hydrogens (tertiary/aromatic N) is 1.